The zero-order valence-electron chi connectivity index (χ0n) is 19.0. The van der Waals surface area contributed by atoms with E-state index in [0.717, 1.165) is 48.6 Å². The molecule has 1 amide bonds. The third kappa shape index (κ3) is 4.57. The van der Waals surface area contributed by atoms with E-state index in [4.69, 9.17) is 19.2 Å². The molecule has 2 heterocycles. The Morgan fingerprint density at radius 2 is 1.88 bits per heavy atom. The highest BCUT2D eigenvalue weighted by molar-refractivity contribution is 7.22. The Labute approximate surface area is 192 Å². The normalized spacial score (nSPS) is 14.5. The van der Waals surface area contributed by atoms with Gasteiger partial charge in [0.2, 0.25) is 0 Å². The second-order valence-electron chi connectivity index (χ2n) is 7.83. The van der Waals surface area contributed by atoms with Crippen LogP contribution in [0.4, 0.5) is 5.13 Å². The summed E-state index contributed by atoms with van der Waals surface area (Å²) in [5.74, 6) is 1.02. The van der Waals surface area contributed by atoms with Crippen LogP contribution in [0.3, 0.4) is 0 Å². The topological polar surface area (TPSA) is 64.1 Å². The summed E-state index contributed by atoms with van der Waals surface area (Å²) in [5, 5.41) is 0.710. The quantitative estimate of drug-likeness (QED) is 0.538. The van der Waals surface area contributed by atoms with Crippen LogP contribution in [0.1, 0.15) is 21.5 Å². The molecule has 1 aromatic heterocycles. The lowest BCUT2D eigenvalue weighted by Crippen LogP contribution is -2.43. The van der Waals surface area contributed by atoms with Gasteiger partial charge in [-0.2, -0.15) is 0 Å². The van der Waals surface area contributed by atoms with Crippen molar-refractivity contribution in [3.05, 3.63) is 47.0 Å². The Kier molecular flexibility index (Phi) is 6.93. The summed E-state index contributed by atoms with van der Waals surface area (Å²) in [6.45, 7) is 8.66. The van der Waals surface area contributed by atoms with Gasteiger partial charge in [0.05, 0.1) is 37.6 Å². The molecule has 0 bridgehead atoms. The molecule has 1 aliphatic heterocycles. The van der Waals surface area contributed by atoms with Gasteiger partial charge in [0.25, 0.3) is 5.91 Å². The van der Waals surface area contributed by atoms with Crippen LogP contribution in [0.5, 0.6) is 11.5 Å². The molecule has 1 aliphatic rings. The lowest BCUT2D eigenvalue weighted by molar-refractivity contribution is 0.0391. The van der Waals surface area contributed by atoms with Crippen molar-refractivity contribution in [1.82, 2.24) is 9.88 Å². The van der Waals surface area contributed by atoms with E-state index in [9.17, 15) is 4.79 Å². The van der Waals surface area contributed by atoms with Crippen LogP contribution in [0.2, 0.25) is 0 Å². The Morgan fingerprint density at radius 3 is 2.59 bits per heavy atom. The number of carbonyl (C=O) groups is 1. The van der Waals surface area contributed by atoms with Gasteiger partial charge >= 0.3 is 0 Å². The summed E-state index contributed by atoms with van der Waals surface area (Å²) in [4.78, 5) is 22.7. The summed E-state index contributed by atoms with van der Waals surface area (Å²) in [5.41, 5.74) is 3.84. The molecule has 7 nitrogen and oxygen atoms in total. The Hall–Kier alpha value is -2.68. The number of thiazole rings is 1. The summed E-state index contributed by atoms with van der Waals surface area (Å²) in [6.07, 6.45) is 0. The van der Waals surface area contributed by atoms with E-state index in [1.165, 1.54) is 5.56 Å². The van der Waals surface area contributed by atoms with E-state index in [2.05, 4.69) is 30.9 Å². The lowest BCUT2D eigenvalue weighted by Gasteiger charge is -2.29. The van der Waals surface area contributed by atoms with Gasteiger partial charge < -0.3 is 14.2 Å². The van der Waals surface area contributed by atoms with Crippen molar-refractivity contribution in [2.45, 2.75) is 13.8 Å². The van der Waals surface area contributed by atoms with Gasteiger partial charge in [-0.05, 0) is 49.2 Å². The number of methoxy groups -OCH3 is 2. The Bertz CT molecular complexity index is 1110. The molecular formula is C24H29N3O4S. The third-order valence-corrected chi connectivity index (χ3v) is 6.97. The van der Waals surface area contributed by atoms with Crippen LogP contribution in [0.25, 0.3) is 10.2 Å². The number of aromatic nitrogens is 1. The van der Waals surface area contributed by atoms with Gasteiger partial charge in [0, 0.05) is 31.7 Å². The van der Waals surface area contributed by atoms with Crippen LogP contribution in [0, 0.1) is 13.8 Å². The molecule has 0 radical (unpaired) electrons. The number of ether oxygens (including phenoxy) is 3. The average molecular weight is 456 g/mol. The highest BCUT2D eigenvalue weighted by atomic mass is 32.1. The summed E-state index contributed by atoms with van der Waals surface area (Å²) in [7, 11) is 3.15. The average Bonchev–Trinajstić information content (AvgIpc) is 3.26. The molecule has 0 atom stereocenters. The summed E-state index contributed by atoms with van der Waals surface area (Å²) >= 11 is 1.55. The molecule has 0 aliphatic carbocycles. The SMILES string of the molecule is COc1ccc(C(=O)N(CCN2CCOCC2)c2nc3c(C)c(C)ccc3s2)cc1OC. The fraction of sp³-hybridized carbons (Fsp3) is 0.417. The van der Waals surface area contributed by atoms with Crippen LogP contribution in [-0.2, 0) is 4.74 Å². The van der Waals surface area contributed by atoms with E-state index in [-0.39, 0.29) is 5.91 Å². The minimum atomic E-state index is -0.104. The maximum atomic E-state index is 13.7. The lowest BCUT2D eigenvalue weighted by atomic mass is 10.1. The number of nitrogens with zero attached hydrogens (tertiary/aromatic N) is 3. The van der Waals surface area contributed by atoms with E-state index >= 15 is 0 Å². The van der Waals surface area contributed by atoms with E-state index in [1.807, 2.05) is 0 Å². The first kappa shape index (κ1) is 22.5. The number of benzene rings is 2. The number of anilines is 1. The van der Waals surface area contributed by atoms with E-state index < -0.39 is 0 Å². The zero-order valence-corrected chi connectivity index (χ0v) is 19.8. The predicted octanol–water partition coefficient (Wildman–Crippen LogP) is 3.91. The molecule has 2 aromatic carbocycles. The van der Waals surface area contributed by atoms with Crippen molar-refractivity contribution in [1.29, 1.82) is 0 Å². The van der Waals surface area contributed by atoms with Crippen LogP contribution < -0.4 is 14.4 Å². The molecule has 0 spiro atoms. The number of carbonyl (C=O) groups excluding carboxylic acids is 1. The number of hydrogen-bond donors (Lipinski definition) is 0. The highest BCUT2D eigenvalue weighted by Crippen LogP contribution is 2.34. The number of amides is 1. The first-order chi connectivity index (χ1) is 15.5. The first-order valence-electron chi connectivity index (χ1n) is 10.7. The molecule has 0 saturated carbocycles. The second-order valence-corrected chi connectivity index (χ2v) is 8.84. The molecule has 4 rings (SSSR count). The summed E-state index contributed by atoms with van der Waals surface area (Å²) < 4.78 is 17.3. The second kappa shape index (κ2) is 9.85. The van der Waals surface area contributed by atoms with Gasteiger partial charge in [-0.25, -0.2) is 4.98 Å². The molecule has 0 N–H and O–H groups in total. The van der Waals surface area contributed by atoms with Crippen molar-refractivity contribution >= 4 is 32.6 Å². The van der Waals surface area contributed by atoms with Crippen LogP contribution in [-0.4, -0.2) is 69.4 Å². The third-order valence-electron chi connectivity index (χ3n) is 5.92. The van der Waals surface area contributed by atoms with E-state index in [1.54, 1.807) is 48.7 Å². The monoisotopic (exact) mass is 455 g/mol. The number of aryl methyl sites for hydroxylation is 2. The molecule has 8 heteroatoms. The highest BCUT2D eigenvalue weighted by Gasteiger charge is 2.24. The molecule has 1 saturated heterocycles. The molecular weight excluding hydrogens is 426 g/mol. The van der Waals surface area contributed by atoms with Crippen molar-refractivity contribution in [2.24, 2.45) is 0 Å². The molecule has 32 heavy (non-hydrogen) atoms. The first-order valence-corrected chi connectivity index (χ1v) is 11.5. The van der Waals surface area contributed by atoms with Gasteiger partial charge in [-0.1, -0.05) is 17.4 Å². The Balaban J connectivity index is 1.68. The van der Waals surface area contributed by atoms with E-state index in [0.29, 0.717) is 28.7 Å². The fourth-order valence-corrected chi connectivity index (χ4v) is 4.85. The Morgan fingerprint density at radius 1 is 1.12 bits per heavy atom. The number of hydrogen-bond acceptors (Lipinski definition) is 7. The number of rotatable bonds is 7. The van der Waals surface area contributed by atoms with Gasteiger partial charge in [-0.3, -0.25) is 14.6 Å². The molecule has 3 aromatic rings. The van der Waals surface area contributed by atoms with Gasteiger partial charge in [0.1, 0.15) is 0 Å². The molecule has 0 unspecified atom stereocenters. The molecule has 170 valence electrons. The van der Waals surface area contributed by atoms with Crippen molar-refractivity contribution in [3.8, 4) is 11.5 Å². The number of morpholine rings is 1. The fourth-order valence-electron chi connectivity index (χ4n) is 3.81. The zero-order chi connectivity index (χ0) is 22.7. The predicted molar refractivity (Wildman–Crippen MR) is 128 cm³/mol. The molecule has 1 fully saturated rings. The van der Waals surface area contributed by atoms with Crippen molar-refractivity contribution in [2.75, 3.05) is 58.5 Å². The van der Waals surface area contributed by atoms with Crippen molar-refractivity contribution < 1.29 is 19.0 Å². The van der Waals surface area contributed by atoms with Gasteiger partial charge in [0.15, 0.2) is 16.6 Å². The minimum Gasteiger partial charge on any atom is -0.493 e. The van der Waals surface area contributed by atoms with Crippen molar-refractivity contribution in [3.63, 3.8) is 0 Å². The maximum absolute atomic E-state index is 13.7. The van der Waals surface area contributed by atoms with Crippen LogP contribution >= 0.6 is 11.3 Å². The largest absolute Gasteiger partial charge is 0.493 e. The number of fused-ring (bicyclic) bond motifs is 1. The maximum Gasteiger partial charge on any atom is 0.260 e. The van der Waals surface area contributed by atoms with Crippen LogP contribution in [0.15, 0.2) is 30.3 Å². The standard InChI is InChI=1S/C24H29N3O4S/c1-16-5-8-21-22(17(16)2)25-24(32-21)27(10-9-26-11-13-31-14-12-26)23(28)18-6-7-19(29-3)20(15-18)30-4/h5-8,15H,9-14H2,1-4H3. The van der Waals surface area contributed by atoms with Gasteiger partial charge in [-0.15, -0.1) is 0 Å². The smallest absolute Gasteiger partial charge is 0.260 e. The summed E-state index contributed by atoms with van der Waals surface area (Å²) in [6, 6.07) is 9.45. The minimum absolute atomic E-state index is 0.104.